The number of methoxy groups -OCH3 is 1. The SMILES string of the molecule is COc1ccc(C=C(C#N)C(=O)NCc2ccccc2)cc1Cn1cc([N+](=O)[O-])cn1. The zero-order valence-corrected chi connectivity index (χ0v) is 16.7. The number of nitrogens with one attached hydrogen (secondary N) is 1. The Morgan fingerprint density at radius 2 is 2.10 bits per heavy atom. The van der Waals surface area contributed by atoms with Crippen LogP contribution >= 0.6 is 0 Å². The van der Waals surface area contributed by atoms with E-state index < -0.39 is 10.8 Å². The minimum absolute atomic E-state index is 0.0400. The molecule has 0 aliphatic rings. The highest BCUT2D eigenvalue weighted by molar-refractivity contribution is 6.01. The molecule has 0 unspecified atom stereocenters. The summed E-state index contributed by atoms with van der Waals surface area (Å²) < 4.78 is 6.77. The molecule has 9 nitrogen and oxygen atoms in total. The van der Waals surface area contributed by atoms with Crippen LogP contribution < -0.4 is 10.1 Å². The topological polar surface area (TPSA) is 123 Å². The lowest BCUT2D eigenvalue weighted by Crippen LogP contribution is -2.23. The molecule has 0 spiro atoms. The average Bonchev–Trinajstić information content (AvgIpc) is 3.25. The van der Waals surface area contributed by atoms with E-state index in [2.05, 4.69) is 10.4 Å². The van der Waals surface area contributed by atoms with Crippen LogP contribution in [-0.4, -0.2) is 27.7 Å². The van der Waals surface area contributed by atoms with Crippen LogP contribution in [0.15, 0.2) is 66.5 Å². The Kier molecular flexibility index (Phi) is 6.75. The molecule has 1 heterocycles. The van der Waals surface area contributed by atoms with Crippen molar-refractivity contribution in [2.75, 3.05) is 7.11 Å². The molecule has 0 aliphatic carbocycles. The van der Waals surface area contributed by atoms with E-state index in [1.807, 2.05) is 36.4 Å². The number of carbonyl (C=O) groups is 1. The van der Waals surface area contributed by atoms with E-state index in [4.69, 9.17) is 4.74 Å². The van der Waals surface area contributed by atoms with Crippen LogP contribution in [0.3, 0.4) is 0 Å². The standard InChI is InChI=1S/C22H19N5O4/c1-31-21-8-7-17(10-19(21)14-26-15-20(13-25-26)27(29)30)9-18(11-23)22(28)24-12-16-5-3-2-4-6-16/h2-10,13,15H,12,14H2,1H3,(H,24,28). The van der Waals surface area contributed by atoms with Gasteiger partial charge >= 0.3 is 5.69 Å². The lowest BCUT2D eigenvalue weighted by Gasteiger charge is -2.10. The van der Waals surface area contributed by atoms with Gasteiger partial charge in [-0.1, -0.05) is 36.4 Å². The summed E-state index contributed by atoms with van der Waals surface area (Å²) in [6.45, 7) is 0.533. The van der Waals surface area contributed by atoms with Crippen LogP contribution in [0.25, 0.3) is 6.08 Å². The number of amides is 1. The highest BCUT2D eigenvalue weighted by Crippen LogP contribution is 2.23. The lowest BCUT2D eigenvalue weighted by molar-refractivity contribution is -0.385. The van der Waals surface area contributed by atoms with Crippen molar-refractivity contribution in [1.29, 1.82) is 5.26 Å². The maximum absolute atomic E-state index is 12.4. The van der Waals surface area contributed by atoms with Gasteiger partial charge in [-0.15, -0.1) is 0 Å². The fraction of sp³-hybridized carbons (Fsp3) is 0.136. The first-order valence-corrected chi connectivity index (χ1v) is 9.28. The van der Waals surface area contributed by atoms with Gasteiger partial charge in [0.05, 0.1) is 18.6 Å². The Bertz CT molecular complexity index is 1160. The summed E-state index contributed by atoms with van der Waals surface area (Å²) >= 11 is 0. The molecule has 0 fully saturated rings. The second kappa shape index (κ2) is 9.84. The number of nitrogens with zero attached hydrogens (tertiary/aromatic N) is 4. The molecule has 156 valence electrons. The van der Waals surface area contributed by atoms with E-state index in [0.29, 0.717) is 23.4 Å². The summed E-state index contributed by atoms with van der Waals surface area (Å²) in [6.07, 6.45) is 3.97. The zero-order chi connectivity index (χ0) is 22.2. The highest BCUT2D eigenvalue weighted by Gasteiger charge is 2.13. The first kappa shape index (κ1) is 21.3. The van der Waals surface area contributed by atoms with E-state index in [1.165, 1.54) is 30.3 Å². The van der Waals surface area contributed by atoms with Gasteiger partial charge in [0.15, 0.2) is 0 Å². The third kappa shape index (κ3) is 5.55. The monoisotopic (exact) mass is 417 g/mol. The number of nitro groups is 1. The Labute approximate surface area is 178 Å². The first-order valence-electron chi connectivity index (χ1n) is 9.28. The minimum atomic E-state index is -0.521. The quantitative estimate of drug-likeness (QED) is 0.260. The maximum Gasteiger partial charge on any atom is 0.307 e. The van der Waals surface area contributed by atoms with E-state index in [1.54, 1.807) is 18.2 Å². The zero-order valence-electron chi connectivity index (χ0n) is 16.7. The number of aromatic nitrogens is 2. The molecule has 1 N–H and O–H groups in total. The molecule has 1 aromatic heterocycles. The molecule has 0 saturated heterocycles. The number of hydrogen-bond donors (Lipinski definition) is 1. The predicted molar refractivity (Wildman–Crippen MR) is 113 cm³/mol. The van der Waals surface area contributed by atoms with Gasteiger partial charge in [0.25, 0.3) is 5.91 Å². The van der Waals surface area contributed by atoms with Crippen molar-refractivity contribution in [3.63, 3.8) is 0 Å². The van der Waals surface area contributed by atoms with Gasteiger partial charge in [-0.3, -0.25) is 19.6 Å². The van der Waals surface area contributed by atoms with Gasteiger partial charge in [-0.2, -0.15) is 10.4 Å². The third-order valence-corrected chi connectivity index (χ3v) is 4.44. The van der Waals surface area contributed by atoms with Crippen LogP contribution in [0.1, 0.15) is 16.7 Å². The maximum atomic E-state index is 12.4. The predicted octanol–water partition coefficient (Wildman–Crippen LogP) is 3.07. The number of carbonyl (C=O) groups excluding carboxylic acids is 1. The van der Waals surface area contributed by atoms with Crippen molar-refractivity contribution in [3.05, 3.63) is 93.3 Å². The normalized spacial score (nSPS) is 10.9. The van der Waals surface area contributed by atoms with Crippen molar-refractivity contribution >= 4 is 17.7 Å². The fourth-order valence-corrected chi connectivity index (χ4v) is 2.91. The summed E-state index contributed by atoms with van der Waals surface area (Å²) in [5, 5.41) is 27.0. The first-order chi connectivity index (χ1) is 15.0. The third-order valence-electron chi connectivity index (χ3n) is 4.44. The Morgan fingerprint density at radius 3 is 2.74 bits per heavy atom. The van der Waals surface area contributed by atoms with Gasteiger partial charge in [0, 0.05) is 12.1 Å². The largest absolute Gasteiger partial charge is 0.496 e. The van der Waals surface area contributed by atoms with Crippen molar-refractivity contribution < 1.29 is 14.5 Å². The molecule has 2 aromatic carbocycles. The summed E-state index contributed by atoms with van der Waals surface area (Å²) in [5.41, 5.74) is 2.08. The van der Waals surface area contributed by atoms with Gasteiger partial charge < -0.3 is 10.1 Å². The van der Waals surface area contributed by atoms with Crippen LogP contribution in [0.5, 0.6) is 5.75 Å². The Balaban J connectivity index is 1.79. The molecular formula is C22H19N5O4. The number of nitriles is 1. The van der Waals surface area contributed by atoms with E-state index in [0.717, 1.165) is 5.56 Å². The Morgan fingerprint density at radius 1 is 1.32 bits per heavy atom. The second-order valence-electron chi connectivity index (χ2n) is 6.56. The molecule has 0 saturated carbocycles. The number of ether oxygens (including phenoxy) is 1. The van der Waals surface area contributed by atoms with E-state index in [-0.39, 0.29) is 17.8 Å². The molecule has 9 heteroatoms. The summed E-state index contributed by atoms with van der Waals surface area (Å²) in [4.78, 5) is 22.7. The van der Waals surface area contributed by atoms with Crippen molar-refractivity contribution in [3.8, 4) is 11.8 Å². The minimum Gasteiger partial charge on any atom is -0.496 e. The molecular weight excluding hydrogens is 398 g/mol. The average molecular weight is 417 g/mol. The van der Waals surface area contributed by atoms with Crippen LogP contribution in [0.4, 0.5) is 5.69 Å². The van der Waals surface area contributed by atoms with Gasteiger partial charge in [-0.05, 0) is 29.3 Å². The molecule has 0 bridgehead atoms. The fourth-order valence-electron chi connectivity index (χ4n) is 2.91. The van der Waals surface area contributed by atoms with Crippen molar-refractivity contribution in [1.82, 2.24) is 15.1 Å². The van der Waals surface area contributed by atoms with Gasteiger partial charge in [0.1, 0.15) is 29.8 Å². The Hall–Kier alpha value is -4.45. The molecule has 3 rings (SSSR count). The van der Waals surface area contributed by atoms with Crippen LogP contribution in [-0.2, 0) is 17.9 Å². The van der Waals surface area contributed by atoms with E-state index >= 15 is 0 Å². The van der Waals surface area contributed by atoms with Crippen molar-refractivity contribution in [2.45, 2.75) is 13.1 Å². The summed E-state index contributed by atoms with van der Waals surface area (Å²) in [5.74, 6) is 0.0776. The highest BCUT2D eigenvalue weighted by atomic mass is 16.6. The van der Waals surface area contributed by atoms with Gasteiger partial charge in [-0.25, -0.2) is 0 Å². The number of hydrogen-bond acceptors (Lipinski definition) is 6. The molecule has 0 aliphatic heterocycles. The molecule has 0 atom stereocenters. The summed E-state index contributed by atoms with van der Waals surface area (Å²) in [6, 6.07) is 16.5. The number of benzene rings is 2. The molecule has 0 radical (unpaired) electrons. The molecule has 3 aromatic rings. The second-order valence-corrected chi connectivity index (χ2v) is 6.56. The lowest BCUT2D eigenvalue weighted by atomic mass is 10.1. The number of rotatable bonds is 8. The van der Waals surface area contributed by atoms with Crippen LogP contribution in [0, 0.1) is 21.4 Å². The van der Waals surface area contributed by atoms with E-state index in [9.17, 15) is 20.2 Å². The summed E-state index contributed by atoms with van der Waals surface area (Å²) in [7, 11) is 1.51. The smallest absolute Gasteiger partial charge is 0.307 e. The van der Waals surface area contributed by atoms with Gasteiger partial charge in [0.2, 0.25) is 0 Å². The molecule has 31 heavy (non-hydrogen) atoms. The van der Waals surface area contributed by atoms with Crippen LogP contribution in [0.2, 0.25) is 0 Å². The molecule has 1 amide bonds. The van der Waals surface area contributed by atoms with Crippen molar-refractivity contribution in [2.24, 2.45) is 0 Å².